The van der Waals surface area contributed by atoms with Gasteiger partial charge in [-0.3, -0.25) is 4.79 Å². The van der Waals surface area contributed by atoms with Crippen LogP contribution in [0.15, 0.2) is 23.6 Å². The van der Waals surface area contributed by atoms with Gasteiger partial charge in [-0.2, -0.15) is 0 Å². The number of benzene rings is 1. The average Bonchev–Trinajstić information content (AvgIpc) is 2.71. The van der Waals surface area contributed by atoms with Gasteiger partial charge in [0.25, 0.3) is 0 Å². The second-order valence-corrected chi connectivity index (χ2v) is 4.84. The number of hydrogen-bond donors (Lipinski definition) is 0. The van der Waals surface area contributed by atoms with Gasteiger partial charge < -0.3 is 0 Å². The predicted molar refractivity (Wildman–Crippen MR) is 67.6 cm³/mol. The third kappa shape index (κ3) is 2.12. The molecule has 0 unspecified atom stereocenters. The molecule has 0 amide bonds. The number of halogens is 2. The summed E-state index contributed by atoms with van der Waals surface area (Å²) in [7, 11) is 0. The van der Waals surface area contributed by atoms with Crippen LogP contribution in [0.5, 0.6) is 0 Å². The van der Waals surface area contributed by atoms with Crippen LogP contribution < -0.4 is 0 Å². The maximum Gasteiger partial charge on any atom is 0.178 e. The minimum absolute atomic E-state index is 0.0550. The van der Waals surface area contributed by atoms with Crippen molar-refractivity contribution in [3.8, 4) is 10.6 Å². The van der Waals surface area contributed by atoms with E-state index in [1.165, 1.54) is 18.3 Å². The highest BCUT2D eigenvalue weighted by Crippen LogP contribution is 2.34. The van der Waals surface area contributed by atoms with Crippen LogP contribution in [-0.4, -0.2) is 10.8 Å². The molecule has 0 aliphatic heterocycles. The van der Waals surface area contributed by atoms with Crippen LogP contribution in [0, 0.1) is 0 Å². The van der Waals surface area contributed by atoms with Crippen molar-refractivity contribution in [1.82, 2.24) is 4.98 Å². The van der Waals surface area contributed by atoms with Crippen LogP contribution in [0.25, 0.3) is 10.6 Å². The molecular weight excluding hydrogens is 265 g/mol. The number of Topliss-reactive ketones (excluding diaryl/α,β-unsaturated/α-hetero) is 1. The topological polar surface area (TPSA) is 30.0 Å². The molecule has 16 heavy (non-hydrogen) atoms. The summed E-state index contributed by atoms with van der Waals surface area (Å²) in [6.45, 7) is 1.48. The van der Waals surface area contributed by atoms with Crippen molar-refractivity contribution in [2.24, 2.45) is 0 Å². The molecule has 0 atom stereocenters. The van der Waals surface area contributed by atoms with Crippen LogP contribution in [0.1, 0.15) is 17.4 Å². The van der Waals surface area contributed by atoms with E-state index in [4.69, 9.17) is 23.2 Å². The molecule has 2 aromatic rings. The van der Waals surface area contributed by atoms with Crippen molar-refractivity contribution in [3.05, 3.63) is 39.3 Å². The first-order chi connectivity index (χ1) is 7.59. The SMILES string of the molecule is CC(=O)c1csc(-c2cccc(Cl)c2Cl)n1. The number of carbonyl (C=O) groups is 1. The first kappa shape index (κ1) is 11.6. The molecule has 5 heteroatoms. The van der Waals surface area contributed by atoms with Crippen LogP contribution in [0.2, 0.25) is 10.0 Å². The highest BCUT2D eigenvalue weighted by molar-refractivity contribution is 7.13. The summed E-state index contributed by atoms with van der Waals surface area (Å²) in [5, 5.41) is 3.37. The Morgan fingerprint density at radius 3 is 2.75 bits per heavy atom. The zero-order valence-corrected chi connectivity index (χ0v) is 10.7. The molecule has 2 rings (SSSR count). The van der Waals surface area contributed by atoms with E-state index in [1.807, 2.05) is 6.07 Å². The minimum Gasteiger partial charge on any atom is -0.293 e. The molecule has 0 radical (unpaired) electrons. The lowest BCUT2D eigenvalue weighted by atomic mass is 10.2. The fourth-order valence-electron chi connectivity index (χ4n) is 1.23. The van der Waals surface area contributed by atoms with Gasteiger partial charge in [0.15, 0.2) is 5.78 Å². The zero-order chi connectivity index (χ0) is 11.7. The van der Waals surface area contributed by atoms with Crippen LogP contribution in [-0.2, 0) is 0 Å². The number of hydrogen-bond acceptors (Lipinski definition) is 3. The molecule has 1 aromatic heterocycles. The van der Waals surface area contributed by atoms with Gasteiger partial charge in [-0.1, -0.05) is 35.3 Å². The fourth-order valence-corrected chi connectivity index (χ4v) is 2.56. The monoisotopic (exact) mass is 271 g/mol. The van der Waals surface area contributed by atoms with E-state index in [0.29, 0.717) is 20.7 Å². The van der Waals surface area contributed by atoms with E-state index in [2.05, 4.69) is 4.98 Å². The average molecular weight is 272 g/mol. The largest absolute Gasteiger partial charge is 0.293 e. The molecule has 82 valence electrons. The van der Waals surface area contributed by atoms with Gasteiger partial charge in [-0.05, 0) is 6.07 Å². The van der Waals surface area contributed by atoms with Crippen LogP contribution in [0.3, 0.4) is 0 Å². The Bertz CT molecular complexity index is 551. The first-order valence-corrected chi connectivity index (χ1v) is 6.14. The number of nitrogens with zero attached hydrogens (tertiary/aromatic N) is 1. The summed E-state index contributed by atoms with van der Waals surface area (Å²) in [6.07, 6.45) is 0. The predicted octanol–water partition coefficient (Wildman–Crippen LogP) is 4.32. The third-order valence-corrected chi connectivity index (χ3v) is 3.74. The number of thiazole rings is 1. The summed E-state index contributed by atoms with van der Waals surface area (Å²) >= 11 is 13.4. The molecule has 0 saturated heterocycles. The summed E-state index contributed by atoms with van der Waals surface area (Å²) in [5.74, 6) is -0.0550. The van der Waals surface area contributed by atoms with Gasteiger partial charge in [-0.15, -0.1) is 11.3 Å². The summed E-state index contributed by atoms with van der Waals surface area (Å²) in [6, 6.07) is 5.35. The first-order valence-electron chi connectivity index (χ1n) is 4.50. The molecule has 0 spiro atoms. The fraction of sp³-hybridized carbons (Fsp3) is 0.0909. The molecule has 0 bridgehead atoms. The van der Waals surface area contributed by atoms with E-state index >= 15 is 0 Å². The van der Waals surface area contributed by atoms with E-state index in [0.717, 1.165) is 5.56 Å². The summed E-state index contributed by atoms with van der Waals surface area (Å²) < 4.78 is 0. The van der Waals surface area contributed by atoms with Gasteiger partial charge in [0, 0.05) is 17.9 Å². The minimum atomic E-state index is -0.0550. The number of carbonyl (C=O) groups excluding carboxylic acids is 1. The highest BCUT2D eigenvalue weighted by atomic mass is 35.5. The Morgan fingerprint density at radius 1 is 1.38 bits per heavy atom. The molecule has 1 aromatic carbocycles. The maximum absolute atomic E-state index is 11.1. The second-order valence-electron chi connectivity index (χ2n) is 3.20. The van der Waals surface area contributed by atoms with Crippen molar-refractivity contribution in [3.63, 3.8) is 0 Å². The molecule has 1 heterocycles. The molecule has 0 aliphatic rings. The highest BCUT2D eigenvalue weighted by Gasteiger charge is 2.12. The number of rotatable bonds is 2. The Balaban J connectivity index is 2.50. The van der Waals surface area contributed by atoms with Gasteiger partial charge in [0.2, 0.25) is 0 Å². The Labute approximate surface area is 107 Å². The van der Waals surface area contributed by atoms with Crippen LogP contribution in [0.4, 0.5) is 0 Å². The Morgan fingerprint density at radius 2 is 2.12 bits per heavy atom. The van der Waals surface area contributed by atoms with Crippen molar-refractivity contribution < 1.29 is 4.79 Å². The standard InChI is InChI=1S/C11H7Cl2NOS/c1-6(15)9-5-16-11(14-9)7-3-2-4-8(12)10(7)13/h2-5H,1H3. The molecular formula is C11H7Cl2NOS. The second kappa shape index (κ2) is 4.53. The summed E-state index contributed by atoms with van der Waals surface area (Å²) in [5.41, 5.74) is 1.21. The molecule has 2 nitrogen and oxygen atoms in total. The quantitative estimate of drug-likeness (QED) is 0.762. The van der Waals surface area contributed by atoms with E-state index < -0.39 is 0 Å². The van der Waals surface area contributed by atoms with Crippen molar-refractivity contribution >= 4 is 40.3 Å². The Hall–Kier alpha value is -0.900. The zero-order valence-electron chi connectivity index (χ0n) is 8.33. The number of ketones is 1. The lowest BCUT2D eigenvalue weighted by molar-refractivity contribution is 0.101. The van der Waals surface area contributed by atoms with Crippen LogP contribution >= 0.6 is 34.5 Å². The lowest BCUT2D eigenvalue weighted by Gasteiger charge is -2.01. The Kier molecular flexibility index (Phi) is 3.28. The number of aromatic nitrogens is 1. The maximum atomic E-state index is 11.1. The normalized spacial score (nSPS) is 10.4. The van der Waals surface area contributed by atoms with Gasteiger partial charge in [0.05, 0.1) is 10.0 Å². The van der Waals surface area contributed by atoms with Gasteiger partial charge >= 0.3 is 0 Å². The van der Waals surface area contributed by atoms with E-state index in [-0.39, 0.29) is 5.78 Å². The van der Waals surface area contributed by atoms with E-state index in [1.54, 1.807) is 17.5 Å². The van der Waals surface area contributed by atoms with Gasteiger partial charge in [0.1, 0.15) is 10.7 Å². The van der Waals surface area contributed by atoms with Crippen molar-refractivity contribution in [1.29, 1.82) is 0 Å². The van der Waals surface area contributed by atoms with Crippen molar-refractivity contribution in [2.45, 2.75) is 6.92 Å². The third-order valence-electron chi connectivity index (χ3n) is 2.05. The lowest BCUT2D eigenvalue weighted by Crippen LogP contribution is -1.91. The molecule has 0 saturated carbocycles. The van der Waals surface area contributed by atoms with Crippen molar-refractivity contribution in [2.75, 3.05) is 0 Å². The van der Waals surface area contributed by atoms with Gasteiger partial charge in [-0.25, -0.2) is 4.98 Å². The summed E-state index contributed by atoms with van der Waals surface area (Å²) in [4.78, 5) is 15.3. The molecule has 0 aliphatic carbocycles. The smallest absolute Gasteiger partial charge is 0.178 e. The molecule has 0 fully saturated rings. The van der Waals surface area contributed by atoms with E-state index in [9.17, 15) is 4.79 Å². The molecule has 0 N–H and O–H groups in total.